The topological polar surface area (TPSA) is 51.2 Å². The van der Waals surface area contributed by atoms with Gasteiger partial charge in [0.15, 0.2) is 5.78 Å². The summed E-state index contributed by atoms with van der Waals surface area (Å²) in [6, 6.07) is 34.2. The average Bonchev–Trinajstić information content (AvgIpc) is 3.68. The first-order valence-electron chi connectivity index (χ1n) is 13.0. The van der Waals surface area contributed by atoms with Gasteiger partial charge >= 0.3 is 0 Å². The Morgan fingerprint density at radius 3 is 1.87 bits per heavy atom. The Kier molecular flexibility index (Phi) is 14.3. The molecule has 0 amide bonds. The van der Waals surface area contributed by atoms with Crippen molar-refractivity contribution in [1.29, 1.82) is 0 Å². The molecule has 0 aliphatic heterocycles. The first kappa shape index (κ1) is 30.6. The van der Waals surface area contributed by atoms with E-state index in [0.29, 0.717) is 12.8 Å². The molecule has 0 aliphatic rings. The number of carbonyl (C=O) groups is 3. The summed E-state index contributed by atoms with van der Waals surface area (Å²) in [5.74, 6) is 0.514. The van der Waals surface area contributed by atoms with E-state index in [9.17, 15) is 14.4 Å². The molecule has 0 fully saturated rings. The molecule has 0 aliphatic carbocycles. The van der Waals surface area contributed by atoms with E-state index in [4.69, 9.17) is 0 Å². The predicted molar refractivity (Wildman–Crippen MR) is 151 cm³/mol. The molecule has 3 nitrogen and oxygen atoms in total. The van der Waals surface area contributed by atoms with Crippen molar-refractivity contribution in [2.24, 2.45) is 0 Å². The van der Waals surface area contributed by atoms with Crippen LogP contribution in [0.3, 0.4) is 0 Å². The molecule has 38 heavy (non-hydrogen) atoms. The van der Waals surface area contributed by atoms with Crippen LogP contribution >= 0.6 is 0 Å². The molecule has 0 saturated carbocycles. The van der Waals surface area contributed by atoms with E-state index in [1.165, 1.54) is 0 Å². The van der Waals surface area contributed by atoms with Gasteiger partial charge in [-0.05, 0) is 19.3 Å². The second-order valence-corrected chi connectivity index (χ2v) is 8.94. The number of Topliss-reactive ketones (excluding diaryl/α,β-unsaturated/α-hetero) is 2. The van der Waals surface area contributed by atoms with Crippen molar-refractivity contribution in [3.05, 3.63) is 138 Å². The fourth-order valence-corrected chi connectivity index (χ4v) is 3.94. The quantitative estimate of drug-likeness (QED) is 0.0556. The smallest absolute Gasteiger partial charge is 0.162 e. The first-order chi connectivity index (χ1) is 18.1. The molecule has 0 heterocycles. The molecule has 0 saturated heterocycles. The molecular formula is C34H34FeO3-6. The number of unbranched alkanes of at least 4 members (excludes halogenated alkanes) is 4. The minimum Gasteiger partial charge on any atom is -0.645 e. The van der Waals surface area contributed by atoms with Crippen molar-refractivity contribution in [2.45, 2.75) is 44.9 Å². The third kappa shape index (κ3) is 11.2. The molecule has 4 heteroatoms. The van der Waals surface area contributed by atoms with Gasteiger partial charge < -0.3 is 51.3 Å². The molecule has 0 aromatic heterocycles. The predicted octanol–water partition coefficient (Wildman–Crippen LogP) is 8.50. The Morgan fingerprint density at radius 1 is 0.684 bits per heavy atom. The second kappa shape index (κ2) is 17.8. The molecule has 4 rings (SSSR count). The SMILES string of the molecule is O=C(C=Cc1ccccc1)[c-]1[cH-][cH-][cH-][cH-]1.O=C(CCCCCCCC(=O)[c-]1cccc1)c1ccccc1.[Fe]. The monoisotopic (exact) mass is 546 g/mol. The van der Waals surface area contributed by atoms with Gasteiger partial charge in [-0.25, -0.2) is 12.1 Å². The van der Waals surface area contributed by atoms with Crippen molar-refractivity contribution in [3.8, 4) is 0 Å². The number of allylic oxidation sites excluding steroid dienone is 1. The zero-order valence-electron chi connectivity index (χ0n) is 21.6. The minimum absolute atomic E-state index is 0. The Morgan fingerprint density at radius 2 is 1.24 bits per heavy atom. The Balaban J connectivity index is 0.000000277. The van der Waals surface area contributed by atoms with Crippen molar-refractivity contribution < 1.29 is 31.5 Å². The van der Waals surface area contributed by atoms with Gasteiger partial charge in [-0.2, -0.15) is 18.2 Å². The molecule has 0 spiro atoms. The van der Waals surface area contributed by atoms with Crippen LogP contribution in [0.2, 0.25) is 0 Å². The van der Waals surface area contributed by atoms with Crippen LogP contribution in [0.1, 0.15) is 81.6 Å². The van der Waals surface area contributed by atoms with Crippen LogP contribution in [0.4, 0.5) is 0 Å². The van der Waals surface area contributed by atoms with Crippen molar-refractivity contribution in [1.82, 2.24) is 0 Å². The zero-order chi connectivity index (χ0) is 26.1. The number of hydrogen-bond donors (Lipinski definition) is 0. The summed E-state index contributed by atoms with van der Waals surface area (Å²) in [5.41, 5.74) is 3.41. The van der Waals surface area contributed by atoms with Crippen LogP contribution in [0.25, 0.3) is 6.08 Å². The second-order valence-electron chi connectivity index (χ2n) is 8.94. The summed E-state index contributed by atoms with van der Waals surface area (Å²) in [7, 11) is 0. The zero-order valence-corrected chi connectivity index (χ0v) is 22.7. The fraction of sp³-hybridized carbons (Fsp3) is 0.206. The molecule has 0 bridgehead atoms. The minimum atomic E-state index is 0. The number of rotatable bonds is 13. The normalized spacial score (nSPS) is 10.3. The van der Waals surface area contributed by atoms with Gasteiger partial charge in [0.05, 0.1) is 0 Å². The van der Waals surface area contributed by atoms with Gasteiger partial charge in [0.2, 0.25) is 0 Å². The van der Waals surface area contributed by atoms with Crippen molar-refractivity contribution >= 4 is 23.4 Å². The Labute approximate surface area is 236 Å². The van der Waals surface area contributed by atoms with Crippen LogP contribution in [-0.4, -0.2) is 17.3 Å². The van der Waals surface area contributed by atoms with Crippen molar-refractivity contribution in [3.63, 3.8) is 0 Å². The molecule has 0 radical (unpaired) electrons. The molecule has 4 aromatic carbocycles. The van der Waals surface area contributed by atoms with Gasteiger partial charge in [-0.15, -0.1) is 0 Å². The van der Waals surface area contributed by atoms with E-state index in [1.807, 2.05) is 115 Å². The number of carbonyl (C=O) groups excluding carboxylic acids is 3. The fourth-order valence-electron chi connectivity index (χ4n) is 3.94. The van der Waals surface area contributed by atoms with E-state index in [0.717, 1.165) is 54.4 Å². The summed E-state index contributed by atoms with van der Waals surface area (Å²) in [6.07, 6.45) is 9.77. The first-order valence-corrected chi connectivity index (χ1v) is 13.0. The number of ketones is 3. The van der Waals surface area contributed by atoms with E-state index >= 15 is 0 Å². The van der Waals surface area contributed by atoms with E-state index in [1.54, 1.807) is 6.08 Å². The largest absolute Gasteiger partial charge is 0.645 e. The van der Waals surface area contributed by atoms with Gasteiger partial charge in [-0.1, -0.05) is 91.1 Å². The van der Waals surface area contributed by atoms with E-state index in [-0.39, 0.29) is 34.4 Å². The Bertz CT molecular complexity index is 1220. The molecular weight excluding hydrogens is 512 g/mol. The molecule has 0 unspecified atom stereocenters. The van der Waals surface area contributed by atoms with Crippen LogP contribution < -0.4 is 0 Å². The standard InChI is InChI=1S/C20H23O2.C14H11O.Fe/c21-19(17-11-5-4-6-12-17)15-7-2-1-3-8-16-20(22)18-13-9-10-14-18;15-14(13-8-4-5-9-13)11-10-12-6-2-1-3-7-12;/h4-6,9-14H,1-3,7-8,15-16H2;1-11H;/q-1;-5;. The summed E-state index contributed by atoms with van der Waals surface area (Å²) in [6.45, 7) is 0. The van der Waals surface area contributed by atoms with Crippen molar-refractivity contribution in [2.75, 3.05) is 0 Å². The molecule has 0 atom stereocenters. The molecule has 4 aromatic rings. The van der Waals surface area contributed by atoms with Gasteiger partial charge in [-0.3, -0.25) is 4.79 Å². The van der Waals surface area contributed by atoms with Gasteiger partial charge in [0, 0.05) is 29.1 Å². The summed E-state index contributed by atoms with van der Waals surface area (Å²) < 4.78 is 0. The summed E-state index contributed by atoms with van der Waals surface area (Å²) in [5, 5.41) is 0. The third-order valence-electron chi connectivity index (χ3n) is 6.06. The maximum Gasteiger partial charge on any atom is 0.162 e. The summed E-state index contributed by atoms with van der Waals surface area (Å²) in [4.78, 5) is 35.3. The van der Waals surface area contributed by atoms with Gasteiger partial charge in [0.25, 0.3) is 0 Å². The maximum absolute atomic E-state index is 11.9. The van der Waals surface area contributed by atoms with E-state index in [2.05, 4.69) is 0 Å². The summed E-state index contributed by atoms with van der Waals surface area (Å²) >= 11 is 0. The molecule has 202 valence electrons. The van der Waals surface area contributed by atoms with Gasteiger partial charge in [0.1, 0.15) is 5.78 Å². The molecule has 0 N–H and O–H groups in total. The van der Waals surface area contributed by atoms with Crippen LogP contribution in [0, 0.1) is 0 Å². The average molecular weight is 546 g/mol. The number of hydrogen-bond acceptors (Lipinski definition) is 3. The maximum atomic E-state index is 11.9. The van der Waals surface area contributed by atoms with Crippen LogP contribution in [-0.2, 0) is 17.1 Å². The number of benzene rings is 2. The van der Waals surface area contributed by atoms with Crippen LogP contribution in [0.5, 0.6) is 0 Å². The third-order valence-corrected chi connectivity index (χ3v) is 6.06. The van der Waals surface area contributed by atoms with E-state index < -0.39 is 0 Å². The van der Waals surface area contributed by atoms with Crippen LogP contribution in [0.15, 0.2) is 115 Å². The Hall–Kier alpha value is -3.59.